The van der Waals surface area contributed by atoms with Gasteiger partial charge < -0.3 is 18.4 Å². The van der Waals surface area contributed by atoms with Crippen LogP contribution in [0.1, 0.15) is 23.7 Å². The van der Waals surface area contributed by atoms with Crippen LogP contribution >= 0.6 is 0 Å². The molecule has 0 radical (unpaired) electrons. The lowest BCUT2D eigenvalue weighted by atomic mass is 9.81. The van der Waals surface area contributed by atoms with Crippen molar-refractivity contribution in [3.8, 4) is 17.2 Å². The Bertz CT molecular complexity index is 1090. The minimum atomic E-state index is -4.08. The lowest BCUT2D eigenvalue weighted by Crippen LogP contribution is -2.33. The average molecular weight is 415 g/mol. The zero-order valence-corrected chi connectivity index (χ0v) is 16.9. The predicted molar refractivity (Wildman–Crippen MR) is 108 cm³/mol. The highest BCUT2D eigenvalue weighted by Gasteiger charge is 2.38. The van der Waals surface area contributed by atoms with Gasteiger partial charge in [-0.2, -0.15) is 8.42 Å². The summed E-state index contributed by atoms with van der Waals surface area (Å²) in [5.41, 5.74) is 2.75. The molecule has 1 saturated heterocycles. The van der Waals surface area contributed by atoms with Crippen LogP contribution in [0.3, 0.4) is 0 Å². The smallest absolute Gasteiger partial charge is 0.428 e. The van der Waals surface area contributed by atoms with E-state index in [9.17, 15) is 8.42 Å². The first kappa shape index (κ1) is 19.5. The number of hydrogen-bond donors (Lipinski definition) is 0. The number of fused-ring (bicyclic) bond motifs is 1. The molecule has 0 saturated carbocycles. The van der Waals surface area contributed by atoms with Gasteiger partial charge in [-0.05, 0) is 36.2 Å². The molecule has 2 aliphatic rings. The monoisotopic (exact) mass is 415 g/mol. The predicted octanol–water partition coefficient (Wildman–Crippen LogP) is 3.46. The molecule has 152 valence electrons. The van der Waals surface area contributed by atoms with E-state index in [4.69, 9.17) is 18.4 Å². The molecule has 2 atom stereocenters. The topological polar surface area (TPSA) is 83.4 Å². The van der Waals surface area contributed by atoms with Crippen LogP contribution < -0.4 is 13.7 Å². The third-order valence-corrected chi connectivity index (χ3v) is 5.81. The first-order valence-electron chi connectivity index (χ1n) is 9.05. The first-order valence-corrected chi connectivity index (χ1v) is 10.4. The Morgan fingerprint density at radius 3 is 2.62 bits per heavy atom. The zero-order valence-electron chi connectivity index (χ0n) is 16.1. The fourth-order valence-electron chi connectivity index (χ4n) is 3.72. The lowest BCUT2D eigenvalue weighted by molar-refractivity contribution is 0.0207. The summed E-state index contributed by atoms with van der Waals surface area (Å²) in [7, 11) is -0.950. The lowest BCUT2D eigenvalue weighted by Gasteiger charge is -2.35. The number of para-hydroxylation sites is 1. The van der Waals surface area contributed by atoms with Crippen molar-refractivity contribution in [3.63, 3.8) is 0 Å². The molecule has 0 amide bonds. The fraction of sp³-hybridized carbons (Fsp3) is 0.286. The summed E-state index contributed by atoms with van der Waals surface area (Å²) in [4.78, 5) is 0. The molecule has 2 heterocycles. The molecule has 4 rings (SSSR count). The van der Waals surface area contributed by atoms with Crippen LogP contribution in [-0.4, -0.2) is 35.0 Å². The standard InChI is InChI=1S/C21H21NO6S/c1-13-10-16(20-15-6-4-5-7-17(15)28-29(23,24)22-20)21(27-12-13)14-8-9-18(25-2)19(11-14)26-3/h4-9,11,16,21H,1,10,12H2,2-3H3/t16?,21-/m0/s1. The van der Waals surface area contributed by atoms with Crippen LogP contribution in [0.25, 0.3) is 0 Å². The summed E-state index contributed by atoms with van der Waals surface area (Å²) in [6.07, 6.45) is 0.113. The van der Waals surface area contributed by atoms with Gasteiger partial charge in [-0.3, -0.25) is 0 Å². The first-order chi connectivity index (χ1) is 13.9. The van der Waals surface area contributed by atoms with Gasteiger partial charge in [-0.15, -0.1) is 4.40 Å². The molecular formula is C21H21NO6S. The summed E-state index contributed by atoms with van der Waals surface area (Å²) < 4.78 is 50.4. The molecule has 0 aliphatic carbocycles. The van der Waals surface area contributed by atoms with Crippen molar-refractivity contribution in [1.29, 1.82) is 0 Å². The molecule has 2 aromatic rings. The molecule has 29 heavy (non-hydrogen) atoms. The average Bonchev–Trinajstić information content (AvgIpc) is 2.72. The second-order valence-corrected chi connectivity index (χ2v) is 8.10. The summed E-state index contributed by atoms with van der Waals surface area (Å²) in [6, 6.07) is 12.5. The molecule has 0 bridgehead atoms. The fourth-order valence-corrected chi connectivity index (χ4v) is 4.60. The SMILES string of the molecule is C=C1CO[C@@H](c2ccc(OC)c(OC)c2)C(C2=NS(=O)(=O)Oc3ccccc32)C1. The van der Waals surface area contributed by atoms with Crippen molar-refractivity contribution in [2.75, 3.05) is 20.8 Å². The molecule has 1 fully saturated rings. The van der Waals surface area contributed by atoms with Crippen LogP contribution in [0.4, 0.5) is 0 Å². The summed E-state index contributed by atoms with van der Waals surface area (Å²) >= 11 is 0. The van der Waals surface area contributed by atoms with Crippen molar-refractivity contribution in [1.82, 2.24) is 0 Å². The number of hydrogen-bond acceptors (Lipinski definition) is 6. The van der Waals surface area contributed by atoms with Gasteiger partial charge in [0.2, 0.25) is 0 Å². The van der Waals surface area contributed by atoms with Crippen molar-refractivity contribution < 1.29 is 26.8 Å². The van der Waals surface area contributed by atoms with E-state index in [1.807, 2.05) is 18.2 Å². The Kier molecular flexibility index (Phi) is 5.06. The van der Waals surface area contributed by atoms with E-state index in [0.717, 1.165) is 11.1 Å². The highest BCUT2D eigenvalue weighted by molar-refractivity contribution is 7.86. The molecule has 0 N–H and O–H groups in total. The van der Waals surface area contributed by atoms with Gasteiger partial charge in [-0.1, -0.05) is 30.4 Å². The number of ether oxygens (including phenoxy) is 3. The van der Waals surface area contributed by atoms with E-state index < -0.39 is 16.4 Å². The maximum absolute atomic E-state index is 12.3. The Morgan fingerprint density at radius 2 is 1.86 bits per heavy atom. The van der Waals surface area contributed by atoms with Crippen molar-refractivity contribution in [3.05, 3.63) is 65.7 Å². The normalized spacial score (nSPS) is 22.8. The van der Waals surface area contributed by atoms with Crippen LogP contribution in [0.5, 0.6) is 17.2 Å². The van der Waals surface area contributed by atoms with E-state index >= 15 is 0 Å². The number of benzene rings is 2. The van der Waals surface area contributed by atoms with Gasteiger partial charge in [0.25, 0.3) is 0 Å². The molecule has 7 nitrogen and oxygen atoms in total. The van der Waals surface area contributed by atoms with Gasteiger partial charge in [0.1, 0.15) is 0 Å². The largest absolute Gasteiger partial charge is 0.493 e. The van der Waals surface area contributed by atoms with E-state index in [1.54, 1.807) is 38.5 Å². The van der Waals surface area contributed by atoms with Gasteiger partial charge in [0, 0.05) is 11.5 Å². The van der Waals surface area contributed by atoms with Crippen molar-refractivity contribution in [2.45, 2.75) is 12.5 Å². The van der Waals surface area contributed by atoms with Crippen LogP contribution in [0, 0.1) is 5.92 Å². The maximum atomic E-state index is 12.3. The van der Waals surface area contributed by atoms with Crippen molar-refractivity contribution in [2.24, 2.45) is 10.3 Å². The Morgan fingerprint density at radius 1 is 1.10 bits per heavy atom. The molecule has 2 aromatic carbocycles. The minimum Gasteiger partial charge on any atom is -0.493 e. The van der Waals surface area contributed by atoms with Gasteiger partial charge in [-0.25, -0.2) is 0 Å². The molecule has 0 spiro atoms. The van der Waals surface area contributed by atoms with Gasteiger partial charge in [0.05, 0.1) is 32.6 Å². The Hall–Kier alpha value is -2.84. The molecule has 8 heteroatoms. The van der Waals surface area contributed by atoms with Crippen LogP contribution in [0.2, 0.25) is 0 Å². The molecule has 2 aliphatic heterocycles. The van der Waals surface area contributed by atoms with Crippen LogP contribution in [0.15, 0.2) is 59.0 Å². The highest BCUT2D eigenvalue weighted by Crippen LogP contribution is 2.42. The van der Waals surface area contributed by atoms with E-state index in [-0.39, 0.29) is 11.7 Å². The zero-order chi connectivity index (χ0) is 20.6. The van der Waals surface area contributed by atoms with E-state index in [0.29, 0.717) is 35.8 Å². The summed E-state index contributed by atoms with van der Waals surface area (Å²) in [6.45, 7) is 4.42. The molecular weight excluding hydrogens is 394 g/mol. The number of methoxy groups -OCH3 is 2. The second-order valence-electron chi connectivity index (χ2n) is 6.89. The van der Waals surface area contributed by atoms with E-state index in [1.165, 1.54) is 0 Å². The molecule has 1 unspecified atom stereocenters. The quantitative estimate of drug-likeness (QED) is 0.711. The summed E-state index contributed by atoms with van der Waals surface area (Å²) in [5, 5.41) is 0. The Balaban J connectivity index is 1.82. The van der Waals surface area contributed by atoms with Crippen LogP contribution in [-0.2, 0) is 15.0 Å². The highest BCUT2D eigenvalue weighted by atomic mass is 32.2. The van der Waals surface area contributed by atoms with Gasteiger partial charge >= 0.3 is 10.3 Å². The van der Waals surface area contributed by atoms with Crippen molar-refractivity contribution >= 4 is 16.0 Å². The number of nitrogens with zero attached hydrogens (tertiary/aromatic N) is 1. The van der Waals surface area contributed by atoms with Gasteiger partial charge in [0.15, 0.2) is 17.2 Å². The molecule has 0 aromatic heterocycles. The maximum Gasteiger partial charge on any atom is 0.428 e. The third kappa shape index (κ3) is 3.73. The third-order valence-electron chi connectivity index (χ3n) is 5.00. The minimum absolute atomic E-state index is 0.264. The van der Waals surface area contributed by atoms with E-state index in [2.05, 4.69) is 11.0 Å². The number of rotatable bonds is 4. The Labute approximate surface area is 169 Å². The summed E-state index contributed by atoms with van der Waals surface area (Å²) in [5.74, 6) is 1.08. The second kappa shape index (κ2) is 7.53.